The summed E-state index contributed by atoms with van der Waals surface area (Å²) in [5.74, 6) is -0.251. The molecule has 0 aliphatic carbocycles. The summed E-state index contributed by atoms with van der Waals surface area (Å²) in [7, 11) is 1.61. The molecule has 2 rings (SSSR count). The fourth-order valence-corrected chi connectivity index (χ4v) is 2.46. The van der Waals surface area contributed by atoms with Crippen molar-refractivity contribution in [1.82, 2.24) is 15.1 Å². The van der Waals surface area contributed by atoms with Gasteiger partial charge < -0.3 is 4.90 Å². The van der Waals surface area contributed by atoms with Crippen molar-refractivity contribution in [1.29, 1.82) is 0 Å². The number of hydrogen-bond donors (Lipinski definition) is 0. The standard InChI is InChI=1S/C11H16N4O2S/c1-6-7(16)15(10(17)14(6)5)9-13-12-8(18-9)11(2,3)4/h6H,1-5H3. The highest BCUT2D eigenvalue weighted by Gasteiger charge is 2.43. The molecule has 0 aromatic carbocycles. The quantitative estimate of drug-likeness (QED) is 0.726. The average molecular weight is 268 g/mol. The molecule has 6 nitrogen and oxygen atoms in total. The highest BCUT2D eigenvalue weighted by molar-refractivity contribution is 7.15. The number of carbonyl (C=O) groups excluding carboxylic acids is 2. The topological polar surface area (TPSA) is 66.4 Å². The maximum absolute atomic E-state index is 12.0. The van der Waals surface area contributed by atoms with Crippen LogP contribution in [0.1, 0.15) is 32.7 Å². The van der Waals surface area contributed by atoms with E-state index in [0.717, 1.165) is 9.91 Å². The summed E-state index contributed by atoms with van der Waals surface area (Å²) in [5, 5.41) is 9.17. The van der Waals surface area contributed by atoms with Gasteiger partial charge >= 0.3 is 6.03 Å². The van der Waals surface area contributed by atoms with E-state index in [9.17, 15) is 9.59 Å². The molecule has 1 fully saturated rings. The molecule has 98 valence electrons. The van der Waals surface area contributed by atoms with E-state index in [4.69, 9.17) is 0 Å². The van der Waals surface area contributed by atoms with E-state index in [1.807, 2.05) is 20.8 Å². The van der Waals surface area contributed by atoms with Crippen molar-refractivity contribution in [3.8, 4) is 0 Å². The Morgan fingerprint density at radius 1 is 1.22 bits per heavy atom. The highest BCUT2D eigenvalue weighted by atomic mass is 32.1. The lowest BCUT2D eigenvalue weighted by Crippen LogP contribution is -2.31. The molecule has 0 N–H and O–H groups in total. The summed E-state index contributed by atoms with van der Waals surface area (Å²) in [5.41, 5.74) is -0.140. The zero-order chi connectivity index (χ0) is 13.7. The third-order valence-electron chi connectivity index (χ3n) is 2.90. The van der Waals surface area contributed by atoms with Crippen molar-refractivity contribution in [3.05, 3.63) is 5.01 Å². The Kier molecular flexibility index (Phi) is 2.89. The van der Waals surface area contributed by atoms with Crippen LogP contribution in [-0.2, 0) is 10.2 Å². The molecule has 1 aliphatic rings. The van der Waals surface area contributed by atoms with Gasteiger partial charge in [-0.1, -0.05) is 32.1 Å². The second kappa shape index (κ2) is 4.01. The average Bonchev–Trinajstić information content (AvgIpc) is 2.81. The van der Waals surface area contributed by atoms with Gasteiger partial charge in [-0.3, -0.25) is 4.79 Å². The van der Waals surface area contributed by atoms with Gasteiger partial charge in [0, 0.05) is 12.5 Å². The van der Waals surface area contributed by atoms with Crippen LogP contribution in [0.25, 0.3) is 0 Å². The van der Waals surface area contributed by atoms with Crippen molar-refractivity contribution < 1.29 is 9.59 Å². The Bertz CT molecular complexity index is 485. The predicted octanol–water partition coefficient (Wildman–Crippen LogP) is 1.62. The van der Waals surface area contributed by atoms with Crippen molar-refractivity contribution in [3.63, 3.8) is 0 Å². The molecule has 18 heavy (non-hydrogen) atoms. The maximum Gasteiger partial charge on any atom is 0.333 e. The van der Waals surface area contributed by atoms with E-state index in [1.165, 1.54) is 16.2 Å². The molecule has 1 aromatic rings. The fourth-order valence-electron chi connectivity index (χ4n) is 1.56. The Morgan fingerprint density at radius 2 is 1.83 bits per heavy atom. The summed E-state index contributed by atoms with van der Waals surface area (Å²) in [6.45, 7) is 7.74. The van der Waals surface area contributed by atoms with Gasteiger partial charge in [-0.15, -0.1) is 10.2 Å². The highest BCUT2D eigenvalue weighted by Crippen LogP contribution is 2.32. The lowest BCUT2D eigenvalue weighted by molar-refractivity contribution is -0.119. The number of imide groups is 1. The minimum atomic E-state index is -0.445. The molecule has 2 heterocycles. The van der Waals surface area contributed by atoms with Crippen LogP contribution in [0, 0.1) is 0 Å². The van der Waals surface area contributed by atoms with Crippen LogP contribution >= 0.6 is 11.3 Å². The monoisotopic (exact) mass is 268 g/mol. The molecule has 1 atom stereocenters. The smallest absolute Gasteiger partial charge is 0.315 e. The number of amides is 3. The maximum atomic E-state index is 12.0. The normalized spacial score (nSPS) is 21.1. The van der Waals surface area contributed by atoms with E-state index >= 15 is 0 Å². The van der Waals surface area contributed by atoms with Crippen molar-refractivity contribution in [2.45, 2.75) is 39.2 Å². The zero-order valence-corrected chi connectivity index (χ0v) is 11.9. The second-order valence-electron chi connectivity index (χ2n) is 5.38. The molecule has 1 aromatic heterocycles. The van der Waals surface area contributed by atoms with E-state index in [-0.39, 0.29) is 17.4 Å². The minimum Gasteiger partial charge on any atom is -0.315 e. The molecule has 0 bridgehead atoms. The van der Waals surface area contributed by atoms with Gasteiger partial charge in [0.25, 0.3) is 5.91 Å². The van der Waals surface area contributed by atoms with Crippen molar-refractivity contribution >= 4 is 28.4 Å². The van der Waals surface area contributed by atoms with Crippen LogP contribution in [0.2, 0.25) is 0 Å². The van der Waals surface area contributed by atoms with Gasteiger partial charge in [0.15, 0.2) is 0 Å². The van der Waals surface area contributed by atoms with Crippen molar-refractivity contribution in [2.75, 3.05) is 11.9 Å². The number of carbonyl (C=O) groups is 2. The summed E-state index contributed by atoms with van der Waals surface area (Å²) < 4.78 is 0. The Hall–Kier alpha value is -1.50. The molecule has 3 amide bonds. The van der Waals surface area contributed by atoms with Crippen LogP contribution in [0.4, 0.5) is 9.93 Å². The molecular formula is C11H16N4O2S. The van der Waals surface area contributed by atoms with Gasteiger partial charge in [-0.05, 0) is 6.92 Å². The predicted molar refractivity (Wildman–Crippen MR) is 68.7 cm³/mol. The summed E-state index contributed by atoms with van der Waals surface area (Å²) >= 11 is 1.28. The largest absolute Gasteiger partial charge is 0.333 e. The first kappa shape index (κ1) is 12.9. The first-order valence-corrected chi connectivity index (χ1v) is 6.50. The molecule has 1 saturated heterocycles. The molecule has 0 saturated carbocycles. The minimum absolute atomic E-state index is 0.140. The van der Waals surface area contributed by atoms with Gasteiger partial charge in [0.2, 0.25) is 5.13 Å². The molecule has 1 aliphatic heterocycles. The summed E-state index contributed by atoms with van der Waals surface area (Å²) in [4.78, 5) is 26.5. The van der Waals surface area contributed by atoms with Gasteiger partial charge in [-0.2, -0.15) is 0 Å². The third-order valence-corrected chi connectivity index (χ3v) is 4.23. The van der Waals surface area contributed by atoms with E-state index in [2.05, 4.69) is 10.2 Å². The second-order valence-corrected chi connectivity index (χ2v) is 6.34. The number of urea groups is 1. The fraction of sp³-hybridized carbons (Fsp3) is 0.636. The Morgan fingerprint density at radius 3 is 2.22 bits per heavy atom. The number of rotatable bonds is 1. The lowest BCUT2D eigenvalue weighted by atomic mass is 9.98. The van der Waals surface area contributed by atoms with Crippen LogP contribution in [-0.4, -0.2) is 40.1 Å². The third kappa shape index (κ3) is 1.88. The zero-order valence-electron chi connectivity index (χ0n) is 11.1. The number of anilines is 1. The molecule has 0 radical (unpaired) electrons. The van der Waals surface area contributed by atoms with Gasteiger partial charge in [-0.25, -0.2) is 9.69 Å². The first-order chi connectivity index (χ1) is 8.23. The van der Waals surface area contributed by atoms with Crippen LogP contribution in [0.5, 0.6) is 0 Å². The number of nitrogens with zero attached hydrogens (tertiary/aromatic N) is 4. The summed E-state index contributed by atoms with van der Waals surface area (Å²) in [6.07, 6.45) is 0. The molecular weight excluding hydrogens is 252 g/mol. The Balaban J connectivity index is 2.36. The summed E-state index contributed by atoms with van der Waals surface area (Å²) in [6, 6.07) is -0.788. The lowest BCUT2D eigenvalue weighted by Gasteiger charge is -2.13. The first-order valence-electron chi connectivity index (χ1n) is 5.68. The number of likely N-dealkylation sites (N-methyl/N-ethyl adjacent to an activating group) is 1. The molecule has 1 unspecified atom stereocenters. The van der Waals surface area contributed by atoms with Crippen LogP contribution in [0.15, 0.2) is 0 Å². The van der Waals surface area contributed by atoms with Crippen molar-refractivity contribution in [2.24, 2.45) is 0 Å². The number of aromatic nitrogens is 2. The van der Waals surface area contributed by atoms with Crippen LogP contribution in [0.3, 0.4) is 0 Å². The molecule has 7 heteroatoms. The van der Waals surface area contributed by atoms with Crippen LogP contribution < -0.4 is 4.90 Å². The van der Waals surface area contributed by atoms with E-state index in [1.54, 1.807) is 14.0 Å². The van der Waals surface area contributed by atoms with Gasteiger partial charge in [0.1, 0.15) is 11.0 Å². The van der Waals surface area contributed by atoms with Gasteiger partial charge in [0.05, 0.1) is 0 Å². The SMILES string of the molecule is CC1C(=O)N(c2nnc(C(C)(C)C)s2)C(=O)N1C. The molecule has 0 spiro atoms. The van der Waals surface area contributed by atoms with E-state index < -0.39 is 6.04 Å². The Labute approximate surface area is 110 Å². The van der Waals surface area contributed by atoms with E-state index in [0.29, 0.717) is 5.13 Å². The number of hydrogen-bond acceptors (Lipinski definition) is 5.